The van der Waals surface area contributed by atoms with Gasteiger partial charge in [-0.25, -0.2) is 4.98 Å². The van der Waals surface area contributed by atoms with Gasteiger partial charge in [-0.1, -0.05) is 49.6 Å². The van der Waals surface area contributed by atoms with Crippen LogP contribution in [0.1, 0.15) is 38.5 Å². The molecule has 1 heterocycles. The lowest BCUT2D eigenvalue weighted by molar-refractivity contribution is -0.139. The van der Waals surface area contributed by atoms with Crippen molar-refractivity contribution in [2.24, 2.45) is 0 Å². The largest absolute Gasteiger partial charge is 0.348 e. The first-order valence-electron chi connectivity index (χ1n) is 9.39. The van der Waals surface area contributed by atoms with Crippen LogP contribution in [0.3, 0.4) is 0 Å². The second-order valence-electron chi connectivity index (χ2n) is 6.73. The van der Waals surface area contributed by atoms with Crippen LogP contribution in [0.4, 0.5) is 0 Å². The highest BCUT2D eigenvalue weighted by Crippen LogP contribution is 2.17. The first-order valence-corrected chi connectivity index (χ1v) is 9.39. The van der Waals surface area contributed by atoms with Crippen LogP contribution in [0.5, 0.6) is 0 Å². The predicted molar refractivity (Wildman–Crippen MR) is 100 cm³/mol. The summed E-state index contributed by atoms with van der Waals surface area (Å²) in [5, 5.41) is 5.55. The van der Waals surface area contributed by atoms with Gasteiger partial charge in [-0.3, -0.25) is 9.59 Å². The number of aromatic nitrogens is 2. The molecule has 6 heteroatoms. The van der Waals surface area contributed by atoms with Crippen molar-refractivity contribution in [3.05, 3.63) is 42.7 Å². The minimum absolute atomic E-state index is 0.154. The number of aryl methyl sites for hydroxylation is 1. The average Bonchev–Trinajstić information content (AvgIpc) is 3.15. The average molecular weight is 354 g/mol. The van der Waals surface area contributed by atoms with E-state index in [2.05, 4.69) is 20.2 Å². The van der Waals surface area contributed by atoms with Crippen LogP contribution in [0.15, 0.2) is 42.7 Å². The summed E-state index contributed by atoms with van der Waals surface area (Å²) in [6, 6.07) is 10.2. The molecule has 0 aliphatic heterocycles. The van der Waals surface area contributed by atoms with E-state index in [4.69, 9.17) is 0 Å². The van der Waals surface area contributed by atoms with Gasteiger partial charge in [0.05, 0.1) is 0 Å². The number of hydrogen-bond donors (Lipinski definition) is 2. The predicted octanol–water partition coefficient (Wildman–Crippen LogP) is 2.51. The van der Waals surface area contributed by atoms with E-state index in [9.17, 15) is 9.59 Å². The van der Waals surface area contributed by atoms with E-state index >= 15 is 0 Å². The van der Waals surface area contributed by atoms with Gasteiger partial charge in [0.25, 0.3) is 0 Å². The van der Waals surface area contributed by atoms with E-state index < -0.39 is 11.8 Å². The number of benzene rings is 1. The van der Waals surface area contributed by atoms with Gasteiger partial charge in [0.1, 0.15) is 5.82 Å². The third kappa shape index (κ3) is 4.94. The molecule has 0 saturated heterocycles. The summed E-state index contributed by atoms with van der Waals surface area (Å²) in [6.07, 6.45) is 9.86. The zero-order valence-electron chi connectivity index (χ0n) is 15.0. The van der Waals surface area contributed by atoms with E-state index in [0.29, 0.717) is 6.54 Å². The Hall–Kier alpha value is -2.63. The Labute approximate surface area is 154 Å². The molecule has 6 nitrogen and oxygen atoms in total. The maximum absolute atomic E-state index is 11.9. The highest BCUT2D eigenvalue weighted by Gasteiger charge is 2.19. The summed E-state index contributed by atoms with van der Waals surface area (Å²) >= 11 is 0. The Morgan fingerprint density at radius 1 is 1.08 bits per heavy atom. The third-order valence-corrected chi connectivity index (χ3v) is 4.76. The molecule has 0 bridgehead atoms. The van der Waals surface area contributed by atoms with Crippen LogP contribution in [-0.2, 0) is 16.1 Å². The minimum atomic E-state index is -0.538. The first-order chi connectivity index (χ1) is 12.7. The highest BCUT2D eigenvalue weighted by molar-refractivity contribution is 6.35. The van der Waals surface area contributed by atoms with Gasteiger partial charge < -0.3 is 15.2 Å². The summed E-state index contributed by atoms with van der Waals surface area (Å²) in [4.78, 5) is 28.3. The summed E-state index contributed by atoms with van der Waals surface area (Å²) in [6.45, 7) is 1.19. The molecular weight excluding hydrogens is 328 g/mol. The van der Waals surface area contributed by atoms with E-state index in [-0.39, 0.29) is 6.04 Å². The van der Waals surface area contributed by atoms with Crippen molar-refractivity contribution in [2.75, 3.05) is 6.54 Å². The number of nitrogens with zero attached hydrogens (tertiary/aromatic N) is 2. The van der Waals surface area contributed by atoms with Gasteiger partial charge in [-0.15, -0.1) is 0 Å². The van der Waals surface area contributed by atoms with Crippen LogP contribution >= 0.6 is 0 Å². The SMILES string of the molecule is O=C(NCCCn1ccnc1-c1ccccc1)C(=O)NC1CCCCC1. The van der Waals surface area contributed by atoms with Gasteiger partial charge in [0.2, 0.25) is 0 Å². The number of hydrogen-bond acceptors (Lipinski definition) is 3. The highest BCUT2D eigenvalue weighted by atomic mass is 16.2. The monoisotopic (exact) mass is 354 g/mol. The Bertz CT molecular complexity index is 720. The van der Waals surface area contributed by atoms with Crippen LogP contribution in [0.2, 0.25) is 0 Å². The number of amides is 2. The molecule has 1 fully saturated rings. The second-order valence-corrected chi connectivity index (χ2v) is 6.73. The topological polar surface area (TPSA) is 76.0 Å². The standard InChI is InChI=1S/C20H26N4O2/c25-19(20(26)23-17-10-5-2-6-11-17)22-12-7-14-24-15-13-21-18(24)16-8-3-1-4-9-16/h1,3-4,8-9,13,15,17H,2,5-7,10-12,14H2,(H,22,25)(H,23,26). The molecule has 1 aliphatic rings. The zero-order chi connectivity index (χ0) is 18.2. The molecule has 1 aliphatic carbocycles. The van der Waals surface area contributed by atoms with Crippen LogP contribution < -0.4 is 10.6 Å². The Morgan fingerprint density at radius 3 is 2.62 bits per heavy atom. The molecule has 2 N–H and O–H groups in total. The lowest BCUT2D eigenvalue weighted by Gasteiger charge is -2.22. The minimum Gasteiger partial charge on any atom is -0.348 e. The van der Waals surface area contributed by atoms with E-state index in [0.717, 1.165) is 50.0 Å². The smallest absolute Gasteiger partial charge is 0.309 e. The van der Waals surface area contributed by atoms with Crippen molar-refractivity contribution in [1.82, 2.24) is 20.2 Å². The summed E-state index contributed by atoms with van der Waals surface area (Å²) in [7, 11) is 0. The molecule has 3 rings (SSSR count). The third-order valence-electron chi connectivity index (χ3n) is 4.76. The van der Waals surface area contributed by atoms with Gasteiger partial charge in [0.15, 0.2) is 0 Å². The number of rotatable bonds is 6. The molecule has 1 saturated carbocycles. The molecule has 1 aromatic carbocycles. The molecule has 26 heavy (non-hydrogen) atoms. The summed E-state index contributed by atoms with van der Waals surface area (Å²) < 4.78 is 2.06. The summed E-state index contributed by atoms with van der Waals surface area (Å²) in [5.74, 6) is -0.138. The number of carbonyl (C=O) groups is 2. The molecule has 0 unspecified atom stereocenters. The van der Waals surface area contributed by atoms with Crippen molar-refractivity contribution < 1.29 is 9.59 Å². The maximum atomic E-state index is 11.9. The van der Waals surface area contributed by atoms with E-state index in [1.807, 2.05) is 36.5 Å². The fourth-order valence-electron chi connectivity index (χ4n) is 3.37. The Morgan fingerprint density at radius 2 is 1.85 bits per heavy atom. The van der Waals surface area contributed by atoms with E-state index in [1.165, 1.54) is 6.42 Å². The normalized spacial score (nSPS) is 14.8. The summed E-state index contributed by atoms with van der Waals surface area (Å²) in [5.41, 5.74) is 1.06. The molecule has 0 radical (unpaired) electrons. The molecule has 138 valence electrons. The van der Waals surface area contributed by atoms with Crippen molar-refractivity contribution in [3.63, 3.8) is 0 Å². The fraction of sp³-hybridized carbons (Fsp3) is 0.450. The van der Waals surface area contributed by atoms with Crippen molar-refractivity contribution in [1.29, 1.82) is 0 Å². The van der Waals surface area contributed by atoms with Gasteiger partial charge in [-0.05, 0) is 19.3 Å². The molecule has 2 aromatic rings. The van der Waals surface area contributed by atoms with Gasteiger partial charge >= 0.3 is 11.8 Å². The molecule has 0 atom stereocenters. The molecule has 0 spiro atoms. The lowest BCUT2D eigenvalue weighted by atomic mass is 9.95. The van der Waals surface area contributed by atoms with Crippen molar-refractivity contribution in [3.8, 4) is 11.4 Å². The van der Waals surface area contributed by atoms with Crippen LogP contribution in [-0.4, -0.2) is 34.0 Å². The Kier molecular flexibility index (Phi) is 6.41. The van der Waals surface area contributed by atoms with Crippen molar-refractivity contribution in [2.45, 2.75) is 51.1 Å². The van der Waals surface area contributed by atoms with Gasteiger partial charge in [0, 0.05) is 37.1 Å². The lowest BCUT2D eigenvalue weighted by Crippen LogP contribution is -2.45. The zero-order valence-corrected chi connectivity index (χ0v) is 15.0. The van der Waals surface area contributed by atoms with Crippen LogP contribution in [0, 0.1) is 0 Å². The number of nitrogens with one attached hydrogen (secondary N) is 2. The number of imidazole rings is 1. The van der Waals surface area contributed by atoms with Crippen molar-refractivity contribution >= 4 is 11.8 Å². The molecule has 2 amide bonds. The first kappa shape index (κ1) is 18.2. The maximum Gasteiger partial charge on any atom is 0.309 e. The fourth-order valence-corrected chi connectivity index (χ4v) is 3.37. The Balaban J connectivity index is 1.41. The number of carbonyl (C=O) groups excluding carboxylic acids is 2. The van der Waals surface area contributed by atoms with Crippen LogP contribution in [0.25, 0.3) is 11.4 Å². The quantitative estimate of drug-likeness (QED) is 0.618. The molecular formula is C20H26N4O2. The van der Waals surface area contributed by atoms with E-state index in [1.54, 1.807) is 6.20 Å². The molecule has 1 aromatic heterocycles. The second kappa shape index (κ2) is 9.17. The van der Waals surface area contributed by atoms with Gasteiger partial charge in [-0.2, -0.15) is 0 Å².